The van der Waals surface area contributed by atoms with E-state index in [4.69, 9.17) is 5.11 Å². The molecule has 128 valence electrons. The average molecular weight is 348 g/mol. The molecule has 1 aliphatic heterocycles. The molecule has 0 radical (unpaired) electrons. The van der Waals surface area contributed by atoms with Crippen molar-refractivity contribution >= 4 is 40.7 Å². The van der Waals surface area contributed by atoms with Crippen LogP contribution in [-0.2, 0) is 9.59 Å². The SMILES string of the molecule is CCN(CC)c1ccc(/C=N\N=C2/NC(=O)C(CC(=O)O)S2)cc1. The third-order valence-electron chi connectivity index (χ3n) is 3.51. The number of hydrogen-bond acceptors (Lipinski definition) is 6. The summed E-state index contributed by atoms with van der Waals surface area (Å²) in [5.41, 5.74) is 2.05. The summed E-state index contributed by atoms with van der Waals surface area (Å²) in [6.45, 7) is 6.12. The van der Waals surface area contributed by atoms with Crippen LogP contribution in [0.25, 0.3) is 0 Å². The summed E-state index contributed by atoms with van der Waals surface area (Å²) in [5.74, 6) is -1.36. The van der Waals surface area contributed by atoms with Gasteiger partial charge in [0.15, 0.2) is 5.17 Å². The summed E-state index contributed by atoms with van der Waals surface area (Å²) >= 11 is 1.08. The number of rotatable bonds is 7. The lowest BCUT2D eigenvalue weighted by atomic mass is 10.2. The van der Waals surface area contributed by atoms with Crippen molar-refractivity contribution < 1.29 is 14.7 Å². The van der Waals surface area contributed by atoms with E-state index in [0.717, 1.165) is 36.1 Å². The number of carboxylic acid groups (broad SMARTS) is 1. The van der Waals surface area contributed by atoms with Gasteiger partial charge in [0.25, 0.3) is 0 Å². The quantitative estimate of drug-likeness (QED) is 0.580. The zero-order chi connectivity index (χ0) is 17.5. The van der Waals surface area contributed by atoms with Crippen molar-refractivity contribution in [1.29, 1.82) is 0 Å². The number of anilines is 1. The summed E-state index contributed by atoms with van der Waals surface area (Å²) in [5, 5.41) is 18.8. The minimum absolute atomic E-state index is 0.230. The van der Waals surface area contributed by atoms with Crippen molar-refractivity contribution in [3.63, 3.8) is 0 Å². The van der Waals surface area contributed by atoms with E-state index in [1.165, 1.54) is 0 Å². The van der Waals surface area contributed by atoms with Crippen molar-refractivity contribution in [2.24, 2.45) is 10.2 Å². The second kappa shape index (κ2) is 8.49. The fraction of sp³-hybridized carbons (Fsp3) is 0.375. The predicted octanol–water partition coefficient (Wildman–Crippen LogP) is 1.93. The fourth-order valence-electron chi connectivity index (χ4n) is 2.25. The van der Waals surface area contributed by atoms with E-state index in [2.05, 4.69) is 34.3 Å². The molecule has 1 aliphatic rings. The lowest BCUT2D eigenvalue weighted by Crippen LogP contribution is -2.26. The van der Waals surface area contributed by atoms with E-state index in [1.807, 2.05) is 24.3 Å². The highest BCUT2D eigenvalue weighted by molar-refractivity contribution is 8.15. The molecule has 1 fully saturated rings. The number of nitrogens with one attached hydrogen (secondary N) is 1. The molecule has 0 spiro atoms. The third-order valence-corrected chi connectivity index (χ3v) is 4.59. The smallest absolute Gasteiger partial charge is 0.305 e. The Morgan fingerprint density at radius 2 is 2.00 bits per heavy atom. The predicted molar refractivity (Wildman–Crippen MR) is 96.8 cm³/mol. The first-order valence-electron chi connectivity index (χ1n) is 7.68. The van der Waals surface area contributed by atoms with Crippen LogP contribution in [0.2, 0.25) is 0 Å². The van der Waals surface area contributed by atoms with Crippen molar-refractivity contribution in [1.82, 2.24) is 5.32 Å². The summed E-state index contributed by atoms with van der Waals surface area (Å²) in [7, 11) is 0. The van der Waals surface area contributed by atoms with Crippen LogP contribution in [-0.4, -0.2) is 46.7 Å². The van der Waals surface area contributed by atoms with E-state index >= 15 is 0 Å². The van der Waals surface area contributed by atoms with Crippen LogP contribution in [0.15, 0.2) is 34.5 Å². The van der Waals surface area contributed by atoms with Crippen molar-refractivity contribution in [2.45, 2.75) is 25.5 Å². The number of nitrogens with zero attached hydrogens (tertiary/aromatic N) is 3. The Balaban J connectivity index is 1.96. The van der Waals surface area contributed by atoms with Crippen molar-refractivity contribution in [3.8, 4) is 0 Å². The largest absolute Gasteiger partial charge is 0.481 e. The molecule has 1 aromatic rings. The maximum Gasteiger partial charge on any atom is 0.305 e. The Morgan fingerprint density at radius 3 is 2.58 bits per heavy atom. The van der Waals surface area contributed by atoms with Gasteiger partial charge in [-0.1, -0.05) is 23.9 Å². The zero-order valence-corrected chi connectivity index (χ0v) is 14.4. The van der Waals surface area contributed by atoms with Crippen LogP contribution in [0, 0.1) is 0 Å². The van der Waals surface area contributed by atoms with Crippen LogP contribution in [0.1, 0.15) is 25.8 Å². The monoisotopic (exact) mass is 348 g/mol. The van der Waals surface area contributed by atoms with Gasteiger partial charge >= 0.3 is 5.97 Å². The van der Waals surface area contributed by atoms with Crippen LogP contribution in [0.4, 0.5) is 5.69 Å². The average Bonchev–Trinajstić information content (AvgIpc) is 2.89. The standard InChI is InChI=1S/C16H20N4O3S/c1-3-20(4-2)12-7-5-11(6-8-12)10-17-19-16-18-15(23)13(24-16)9-14(21)22/h5-8,10,13H,3-4,9H2,1-2H3,(H,21,22)(H,18,19,23)/b17-10-. The molecular formula is C16H20N4O3S. The third kappa shape index (κ3) is 4.82. The molecule has 0 saturated carbocycles. The van der Waals surface area contributed by atoms with Crippen molar-refractivity contribution in [2.75, 3.05) is 18.0 Å². The molecule has 2 N–H and O–H groups in total. The van der Waals surface area contributed by atoms with Gasteiger partial charge in [-0.05, 0) is 31.5 Å². The number of carbonyl (C=O) groups excluding carboxylic acids is 1. The Bertz CT molecular complexity index is 654. The first-order chi connectivity index (χ1) is 11.5. The number of hydrogen-bond donors (Lipinski definition) is 2. The number of carboxylic acids is 1. The maximum atomic E-state index is 11.6. The Hall–Kier alpha value is -2.35. The molecule has 0 bridgehead atoms. The summed E-state index contributed by atoms with van der Waals surface area (Å²) in [6, 6.07) is 7.95. The highest BCUT2D eigenvalue weighted by Gasteiger charge is 2.32. The molecule has 0 aromatic heterocycles. The van der Waals surface area contributed by atoms with Gasteiger partial charge in [0, 0.05) is 18.8 Å². The van der Waals surface area contributed by atoms with Gasteiger partial charge in [0.2, 0.25) is 5.91 Å². The molecule has 1 unspecified atom stereocenters. The number of amides is 1. The molecule has 8 heteroatoms. The number of aliphatic carboxylic acids is 1. The molecular weight excluding hydrogens is 328 g/mol. The van der Waals surface area contributed by atoms with Gasteiger partial charge in [-0.3, -0.25) is 9.59 Å². The van der Waals surface area contributed by atoms with Crippen LogP contribution in [0.3, 0.4) is 0 Å². The summed E-state index contributed by atoms with van der Waals surface area (Å²) < 4.78 is 0. The molecule has 1 atom stereocenters. The highest BCUT2D eigenvalue weighted by Crippen LogP contribution is 2.22. The van der Waals surface area contributed by atoms with E-state index in [0.29, 0.717) is 5.17 Å². The molecule has 1 aromatic carbocycles. The number of amidine groups is 1. The minimum atomic E-state index is -1.01. The summed E-state index contributed by atoms with van der Waals surface area (Å²) in [6.07, 6.45) is 1.36. The van der Waals surface area contributed by atoms with E-state index in [9.17, 15) is 9.59 Å². The zero-order valence-electron chi connectivity index (χ0n) is 13.6. The Labute approximate surface area is 144 Å². The fourth-order valence-corrected chi connectivity index (χ4v) is 3.17. The number of carbonyl (C=O) groups is 2. The molecule has 1 heterocycles. The van der Waals surface area contributed by atoms with Gasteiger partial charge in [-0.25, -0.2) is 0 Å². The Morgan fingerprint density at radius 1 is 1.33 bits per heavy atom. The lowest BCUT2D eigenvalue weighted by molar-refractivity contribution is -0.138. The second-order valence-electron chi connectivity index (χ2n) is 5.11. The molecule has 24 heavy (non-hydrogen) atoms. The molecule has 1 amide bonds. The van der Waals surface area contributed by atoms with Gasteiger partial charge in [-0.2, -0.15) is 5.10 Å². The van der Waals surface area contributed by atoms with Gasteiger partial charge in [0.05, 0.1) is 12.6 Å². The van der Waals surface area contributed by atoms with Crippen LogP contribution in [0.5, 0.6) is 0 Å². The molecule has 1 saturated heterocycles. The van der Waals surface area contributed by atoms with Crippen molar-refractivity contribution in [3.05, 3.63) is 29.8 Å². The highest BCUT2D eigenvalue weighted by atomic mass is 32.2. The second-order valence-corrected chi connectivity index (χ2v) is 6.30. The molecule has 7 nitrogen and oxygen atoms in total. The molecule has 0 aliphatic carbocycles. The van der Waals surface area contributed by atoms with E-state index in [-0.39, 0.29) is 12.3 Å². The van der Waals surface area contributed by atoms with Gasteiger partial charge < -0.3 is 15.3 Å². The van der Waals surface area contributed by atoms with Gasteiger partial charge in [0.1, 0.15) is 5.25 Å². The number of benzene rings is 1. The first kappa shape index (κ1) is 18.0. The normalized spacial score (nSPS) is 19.0. The lowest BCUT2D eigenvalue weighted by Gasteiger charge is -2.20. The first-order valence-corrected chi connectivity index (χ1v) is 8.56. The maximum absolute atomic E-state index is 11.6. The number of thioether (sulfide) groups is 1. The van der Waals surface area contributed by atoms with Gasteiger partial charge in [-0.15, -0.1) is 5.10 Å². The van der Waals surface area contributed by atoms with Crippen LogP contribution >= 0.6 is 11.8 Å². The van der Waals surface area contributed by atoms with Crippen LogP contribution < -0.4 is 10.2 Å². The van der Waals surface area contributed by atoms with E-state index in [1.54, 1.807) is 6.21 Å². The molecule has 2 rings (SSSR count). The van der Waals surface area contributed by atoms with E-state index < -0.39 is 11.2 Å². The summed E-state index contributed by atoms with van der Waals surface area (Å²) in [4.78, 5) is 24.5. The Kier molecular flexibility index (Phi) is 6.36. The minimum Gasteiger partial charge on any atom is -0.481 e. The topological polar surface area (TPSA) is 94.4 Å².